The zero-order valence-electron chi connectivity index (χ0n) is 23.8. The average molecular weight is 542 g/mol. The summed E-state index contributed by atoms with van der Waals surface area (Å²) < 4.78 is 35.3. The lowest BCUT2D eigenvalue weighted by Crippen LogP contribution is -2.64. The second kappa shape index (κ2) is 11.3. The highest BCUT2D eigenvalue weighted by atomic mass is 20.0. The summed E-state index contributed by atoms with van der Waals surface area (Å²) in [5.41, 5.74) is 1.06. The van der Waals surface area contributed by atoms with Crippen molar-refractivity contribution in [3.8, 4) is 0 Å². The Labute approximate surface area is 225 Å². The van der Waals surface area contributed by atoms with Crippen LogP contribution in [0.2, 0.25) is 0 Å². The number of likely N-dealkylation sites (tertiary alicyclic amines) is 1. The van der Waals surface area contributed by atoms with E-state index in [1.165, 1.54) is 5.69 Å². The van der Waals surface area contributed by atoms with E-state index >= 15 is 0 Å². The monoisotopic (exact) mass is 541 g/mol. The van der Waals surface area contributed by atoms with Gasteiger partial charge < -0.3 is 24.0 Å². The Balaban J connectivity index is 0.00000164. The molecule has 9 nitrogen and oxygen atoms in total. The molecule has 1 saturated carbocycles. The van der Waals surface area contributed by atoms with Crippen molar-refractivity contribution in [2.24, 2.45) is 5.41 Å². The molecule has 0 radical (unpaired) electrons. The first-order valence-corrected chi connectivity index (χ1v) is 13.9. The molecule has 4 heterocycles. The van der Waals surface area contributed by atoms with Crippen LogP contribution in [0.4, 0.5) is 19.8 Å². The van der Waals surface area contributed by atoms with Gasteiger partial charge in [-0.15, -0.1) is 0 Å². The fourth-order valence-corrected chi connectivity index (χ4v) is 6.50. The molecule has 1 aromatic rings. The molecule has 0 bridgehead atoms. The number of carbonyl (C=O) groups excluding carboxylic acids is 1. The summed E-state index contributed by atoms with van der Waals surface area (Å²) in [6.45, 7) is 20.2. The van der Waals surface area contributed by atoms with Crippen LogP contribution in [-0.4, -0.2) is 102 Å². The maximum atomic E-state index is 12.3. The van der Waals surface area contributed by atoms with E-state index in [0.717, 1.165) is 64.3 Å². The Bertz CT molecular complexity index is 950. The molecule has 4 aliphatic rings. The zero-order chi connectivity index (χ0) is 27.7. The molecule has 216 valence electrons. The van der Waals surface area contributed by atoms with Crippen molar-refractivity contribution in [3.05, 3.63) is 11.8 Å². The van der Waals surface area contributed by atoms with E-state index in [-0.39, 0.29) is 23.2 Å². The number of rotatable bonds is 5. The molecule has 0 unspecified atom stereocenters. The van der Waals surface area contributed by atoms with Crippen LogP contribution in [0.3, 0.4) is 0 Å². The summed E-state index contributed by atoms with van der Waals surface area (Å²) in [6.07, 6.45) is 3.21. The molecule has 3 saturated heterocycles. The number of carbonyl (C=O) groups is 1. The highest BCUT2D eigenvalue weighted by molar-refractivity contribution is 5.69. The maximum Gasteiger partial charge on any atom is 0.410 e. The molecule has 1 aliphatic carbocycles. The SMILES string of the molecule is CC[C@@]1(C)CN(C[C@@H]2COCCO2)CCN1c1cc(C)n(C2CC3(C2)CN(C(=O)OC(C)(C)C)C3)n1.FF. The number of anilines is 1. The standard InChI is InChI=1S/C27H45N5O4.F2/c1-7-26(6)17-29(15-22-16-34-10-11-35-22)8-9-31(26)23-12-20(2)32(28-23)21-13-27(14-21)18-30(19-27)24(33)36-25(3,4)5;1-2/h12,21-22H,7-11,13-19H2,1-6H3;/t22-,26+;/m1./s1. The van der Waals surface area contributed by atoms with Crippen molar-refractivity contribution < 1.29 is 28.2 Å². The predicted octanol–water partition coefficient (Wildman–Crippen LogP) is 4.31. The minimum atomic E-state index is -0.443. The third-order valence-electron chi connectivity index (χ3n) is 8.54. The lowest BCUT2D eigenvalue weighted by molar-refractivity contribution is -0.0996. The maximum absolute atomic E-state index is 12.3. The number of halogens is 2. The van der Waals surface area contributed by atoms with Crippen molar-refractivity contribution in [2.45, 2.75) is 84.1 Å². The van der Waals surface area contributed by atoms with E-state index in [1.807, 2.05) is 25.7 Å². The van der Waals surface area contributed by atoms with E-state index in [9.17, 15) is 4.79 Å². The Hall–Kier alpha value is -1.98. The number of ether oxygens (including phenoxy) is 3. The number of amides is 1. The van der Waals surface area contributed by atoms with Crippen LogP contribution in [0.1, 0.15) is 65.6 Å². The zero-order valence-corrected chi connectivity index (χ0v) is 23.8. The van der Waals surface area contributed by atoms with Gasteiger partial charge in [-0.05, 0) is 53.9 Å². The molecule has 11 heteroatoms. The van der Waals surface area contributed by atoms with E-state index < -0.39 is 5.60 Å². The van der Waals surface area contributed by atoms with Gasteiger partial charge in [0.05, 0.1) is 37.5 Å². The Morgan fingerprint density at radius 1 is 1.18 bits per heavy atom. The van der Waals surface area contributed by atoms with Crippen molar-refractivity contribution in [3.63, 3.8) is 0 Å². The van der Waals surface area contributed by atoms with Gasteiger partial charge in [-0.25, -0.2) is 4.79 Å². The van der Waals surface area contributed by atoms with E-state index in [4.69, 9.17) is 28.5 Å². The molecular weight excluding hydrogens is 496 g/mol. The molecule has 0 N–H and O–H groups in total. The fraction of sp³-hybridized carbons (Fsp3) is 0.852. The number of nitrogens with zero attached hydrogens (tertiary/aromatic N) is 5. The summed E-state index contributed by atoms with van der Waals surface area (Å²) >= 11 is 0. The second-order valence-corrected chi connectivity index (χ2v) is 12.8. The van der Waals surface area contributed by atoms with Crippen LogP contribution in [0, 0.1) is 12.3 Å². The summed E-state index contributed by atoms with van der Waals surface area (Å²) in [5, 5.41) is 5.14. The average Bonchev–Trinajstić information content (AvgIpc) is 3.19. The molecule has 1 amide bonds. The number of aryl methyl sites for hydroxylation is 1. The van der Waals surface area contributed by atoms with E-state index in [0.29, 0.717) is 25.9 Å². The quantitative estimate of drug-likeness (QED) is 0.550. The van der Waals surface area contributed by atoms with Gasteiger partial charge in [0.2, 0.25) is 0 Å². The summed E-state index contributed by atoms with van der Waals surface area (Å²) in [5.74, 6) is 1.10. The first-order chi connectivity index (χ1) is 18.0. The van der Waals surface area contributed by atoms with Crippen LogP contribution in [-0.2, 0) is 14.2 Å². The molecular formula is C27H45F2N5O4. The molecule has 1 aromatic heterocycles. The summed E-state index contributed by atoms with van der Waals surface area (Å²) in [6, 6.07) is 2.68. The highest BCUT2D eigenvalue weighted by Gasteiger charge is 2.55. The normalized spacial score (nSPS) is 27.8. The molecule has 5 rings (SSSR count). The van der Waals surface area contributed by atoms with Gasteiger partial charge in [0.1, 0.15) is 5.60 Å². The van der Waals surface area contributed by atoms with Gasteiger partial charge in [0.15, 0.2) is 5.82 Å². The van der Waals surface area contributed by atoms with Crippen LogP contribution in [0.15, 0.2) is 6.07 Å². The lowest BCUT2D eigenvalue weighted by atomic mass is 9.61. The molecule has 1 spiro atoms. The van der Waals surface area contributed by atoms with Crippen molar-refractivity contribution in [1.29, 1.82) is 0 Å². The Kier molecular flexibility index (Phi) is 8.59. The van der Waals surface area contributed by atoms with Gasteiger partial charge in [-0.1, -0.05) is 6.92 Å². The lowest BCUT2D eigenvalue weighted by Gasteiger charge is -2.58. The first-order valence-electron chi connectivity index (χ1n) is 13.9. The predicted molar refractivity (Wildman–Crippen MR) is 141 cm³/mol. The smallest absolute Gasteiger partial charge is 0.410 e. The van der Waals surface area contributed by atoms with Crippen LogP contribution in [0.25, 0.3) is 0 Å². The van der Waals surface area contributed by atoms with Gasteiger partial charge in [0, 0.05) is 65.6 Å². The van der Waals surface area contributed by atoms with Gasteiger partial charge in [-0.2, -0.15) is 5.10 Å². The minimum Gasteiger partial charge on any atom is -0.444 e. The van der Waals surface area contributed by atoms with Crippen molar-refractivity contribution in [1.82, 2.24) is 19.6 Å². The first kappa shape index (κ1) is 29.0. The molecule has 38 heavy (non-hydrogen) atoms. The fourth-order valence-electron chi connectivity index (χ4n) is 6.50. The van der Waals surface area contributed by atoms with E-state index in [1.54, 1.807) is 0 Å². The van der Waals surface area contributed by atoms with Gasteiger partial charge in [-0.3, -0.25) is 9.58 Å². The summed E-state index contributed by atoms with van der Waals surface area (Å²) in [4.78, 5) is 19.2. The van der Waals surface area contributed by atoms with Crippen LogP contribution in [0.5, 0.6) is 0 Å². The largest absolute Gasteiger partial charge is 0.444 e. The van der Waals surface area contributed by atoms with Crippen molar-refractivity contribution >= 4 is 11.9 Å². The van der Waals surface area contributed by atoms with E-state index in [2.05, 4.69) is 41.3 Å². The van der Waals surface area contributed by atoms with Crippen LogP contribution < -0.4 is 4.90 Å². The highest BCUT2D eigenvalue weighted by Crippen LogP contribution is 2.54. The third-order valence-corrected chi connectivity index (χ3v) is 8.54. The molecule has 2 atom stereocenters. The van der Waals surface area contributed by atoms with Gasteiger partial charge in [0.25, 0.3) is 0 Å². The van der Waals surface area contributed by atoms with Crippen LogP contribution >= 0.6 is 0 Å². The second-order valence-electron chi connectivity index (χ2n) is 12.8. The number of hydrogen-bond acceptors (Lipinski definition) is 7. The Morgan fingerprint density at radius 2 is 1.89 bits per heavy atom. The number of piperazine rings is 1. The molecule has 4 fully saturated rings. The number of hydrogen-bond donors (Lipinski definition) is 0. The minimum absolute atomic E-state index is 0.0299. The Morgan fingerprint density at radius 3 is 2.50 bits per heavy atom. The third kappa shape index (κ3) is 6.09. The van der Waals surface area contributed by atoms with Crippen molar-refractivity contribution in [2.75, 3.05) is 64.0 Å². The number of aromatic nitrogens is 2. The topological polar surface area (TPSA) is 72.3 Å². The summed E-state index contributed by atoms with van der Waals surface area (Å²) in [7, 11) is 0. The molecule has 0 aromatic carbocycles. The van der Waals surface area contributed by atoms with Gasteiger partial charge >= 0.3 is 6.09 Å². The molecule has 3 aliphatic heterocycles.